The minimum Gasteiger partial charge on any atom is -0.473 e. The Balaban J connectivity index is 1.74. The predicted molar refractivity (Wildman–Crippen MR) is 69.2 cm³/mol. The van der Waals surface area contributed by atoms with Gasteiger partial charge in [-0.3, -0.25) is 0 Å². The summed E-state index contributed by atoms with van der Waals surface area (Å²) in [5.74, 6) is 1.63. The van der Waals surface area contributed by atoms with Crippen LogP contribution in [0.1, 0.15) is 30.1 Å². The van der Waals surface area contributed by atoms with Gasteiger partial charge < -0.3 is 10.5 Å². The minimum absolute atomic E-state index is 0.132. The third-order valence-electron chi connectivity index (χ3n) is 3.02. The lowest BCUT2D eigenvalue weighted by Gasteiger charge is -2.08. The molecule has 1 aliphatic rings. The van der Waals surface area contributed by atoms with Crippen LogP contribution in [0.5, 0.6) is 5.88 Å². The molecular formula is C14H14FN3O. The molecule has 0 bridgehead atoms. The van der Waals surface area contributed by atoms with Crippen LogP contribution < -0.4 is 10.5 Å². The lowest BCUT2D eigenvalue weighted by atomic mass is 10.2. The van der Waals surface area contributed by atoms with Crippen LogP contribution in [0.3, 0.4) is 0 Å². The second-order valence-electron chi connectivity index (χ2n) is 4.64. The Labute approximate surface area is 110 Å². The van der Waals surface area contributed by atoms with Crippen molar-refractivity contribution in [2.24, 2.45) is 0 Å². The van der Waals surface area contributed by atoms with Crippen LogP contribution in [-0.4, -0.2) is 9.97 Å². The Hall–Kier alpha value is -2.17. The van der Waals surface area contributed by atoms with E-state index in [1.807, 2.05) is 0 Å². The Kier molecular flexibility index (Phi) is 3.03. The smallest absolute Gasteiger partial charge is 0.219 e. The van der Waals surface area contributed by atoms with Gasteiger partial charge in [-0.2, -0.15) is 4.98 Å². The Morgan fingerprint density at radius 2 is 2.05 bits per heavy atom. The molecule has 0 radical (unpaired) electrons. The highest BCUT2D eigenvalue weighted by molar-refractivity contribution is 5.34. The SMILES string of the molecule is Nc1cc(OCc2ccccc2F)nc(C2CC2)n1. The molecule has 1 saturated carbocycles. The molecule has 2 aromatic rings. The molecule has 98 valence electrons. The average molecular weight is 259 g/mol. The fourth-order valence-electron chi connectivity index (χ4n) is 1.83. The van der Waals surface area contributed by atoms with Gasteiger partial charge >= 0.3 is 0 Å². The van der Waals surface area contributed by atoms with Gasteiger partial charge in [-0.05, 0) is 18.9 Å². The second kappa shape index (κ2) is 4.84. The topological polar surface area (TPSA) is 61.0 Å². The van der Waals surface area contributed by atoms with Crippen LogP contribution in [0.25, 0.3) is 0 Å². The number of anilines is 1. The van der Waals surface area contributed by atoms with E-state index in [1.165, 1.54) is 6.07 Å². The quantitative estimate of drug-likeness (QED) is 0.917. The van der Waals surface area contributed by atoms with Crippen LogP contribution in [0.2, 0.25) is 0 Å². The summed E-state index contributed by atoms with van der Waals surface area (Å²) < 4.78 is 19.0. The number of halogens is 1. The van der Waals surface area contributed by atoms with E-state index in [0.29, 0.717) is 23.2 Å². The molecule has 0 spiro atoms. The van der Waals surface area contributed by atoms with E-state index >= 15 is 0 Å². The molecule has 0 unspecified atom stereocenters. The lowest BCUT2D eigenvalue weighted by molar-refractivity contribution is 0.286. The van der Waals surface area contributed by atoms with Gasteiger partial charge in [0.15, 0.2) is 0 Å². The number of hydrogen-bond acceptors (Lipinski definition) is 4. The fraction of sp³-hybridized carbons (Fsp3) is 0.286. The van der Waals surface area contributed by atoms with Crippen molar-refractivity contribution in [3.8, 4) is 5.88 Å². The number of nitrogens with zero attached hydrogens (tertiary/aromatic N) is 2. The fourth-order valence-corrected chi connectivity index (χ4v) is 1.83. The molecule has 0 amide bonds. The predicted octanol–water partition coefficient (Wildman–Crippen LogP) is 2.65. The van der Waals surface area contributed by atoms with Crippen molar-refractivity contribution in [1.82, 2.24) is 9.97 Å². The van der Waals surface area contributed by atoms with E-state index in [9.17, 15) is 4.39 Å². The monoisotopic (exact) mass is 259 g/mol. The summed E-state index contributed by atoms with van der Waals surface area (Å²) in [6.45, 7) is 0.132. The van der Waals surface area contributed by atoms with Gasteiger partial charge in [-0.25, -0.2) is 9.37 Å². The van der Waals surface area contributed by atoms with E-state index in [1.54, 1.807) is 24.3 Å². The molecule has 1 aromatic carbocycles. The molecule has 0 saturated heterocycles. The molecule has 5 heteroatoms. The highest BCUT2D eigenvalue weighted by atomic mass is 19.1. The molecule has 0 atom stereocenters. The standard InChI is InChI=1S/C14H14FN3O/c15-11-4-2-1-3-10(11)8-19-13-7-12(16)17-14(18-13)9-5-6-9/h1-4,7,9H,5-6,8H2,(H2,16,17,18). The first-order chi connectivity index (χ1) is 9.22. The van der Waals surface area contributed by atoms with E-state index in [0.717, 1.165) is 18.7 Å². The van der Waals surface area contributed by atoms with Crippen molar-refractivity contribution < 1.29 is 9.13 Å². The van der Waals surface area contributed by atoms with Gasteiger partial charge in [0.2, 0.25) is 5.88 Å². The molecule has 3 rings (SSSR count). The molecule has 4 nitrogen and oxygen atoms in total. The number of hydrogen-bond donors (Lipinski definition) is 1. The van der Waals surface area contributed by atoms with Gasteiger partial charge in [-0.15, -0.1) is 0 Å². The van der Waals surface area contributed by atoms with Gasteiger partial charge in [0.25, 0.3) is 0 Å². The van der Waals surface area contributed by atoms with Crippen molar-refractivity contribution in [3.05, 3.63) is 47.5 Å². The van der Waals surface area contributed by atoms with E-state index in [4.69, 9.17) is 10.5 Å². The third kappa shape index (κ3) is 2.81. The maximum Gasteiger partial charge on any atom is 0.219 e. The number of benzene rings is 1. The zero-order valence-corrected chi connectivity index (χ0v) is 10.3. The van der Waals surface area contributed by atoms with Crippen molar-refractivity contribution in [2.45, 2.75) is 25.4 Å². The lowest BCUT2D eigenvalue weighted by Crippen LogP contribution is -2.04. The summed E-state index contributed by atoms with van der Waals surface area (Å²) in [5, 5.41) is 0. The first-order valence-electron chi connectivity index (χ1n) is 6.23. The number of nitrogens with two attached hydrogens (primary N) is 1. The van der Waals surface area contributed by atoms with Gasteiger partial charge in [0, 0.05) is 17.5 Å². The van der Waals surface area contributed by atoms with Crippen LogP contribution in [-0.2, 0) is 6.61 Å². The van der Waals surface area contributed by atoms with E-state index in [-0.39, 0.29) is 12.4 Å². The average Bonchev–Trinajstić information content (AvgIpc) is 3.21. The maximum absolute atomic E-state index is 13.5. The van der Waals surface area contributed by atoms with Gasteiger partial charge in [0.1, 0.15) is 24.1 Å². The van der Waals surface area contributed by atoms with Crippen molar-refractivity contribution in [2.75, 3.05) is 5.73 Å². The zero-order chi connectivity index (χ0) is 13.2. The van der Waals surface area contributed by atoms with Crippen molar-refractivity contribution in [1.29, 1.82) is 0 Å². The molecule has 2 N–H and O–H groups in total. The van der Waals surface area contributed by atoms with Crippen LogP contribution in [0.15, 0.2) is 30.3 Å². The molecule has 1 aliphatic carbocycles. The first-order valence-corrected chi connectivity index (χ1v) is 6.23. The molecule has 1 aromatic heterocycles. The van der Waals surface area contributed by atoms with Gasteiger partial charge in [0.05, 0.1) is 0 Å². The highest BCUT2D eigenvalue weighted by Gasteiger charge is 2.27. The summed E-state index contributed by atoms with van der Waals surface area (Å²) in [6, 6.07) is 8.06. The number of nitrogen functional groups attached to an aromatic ring is 1. The number of aromatic nitrogens is 2. The van der Waals surface area contributed by atoms with E-state index in [2.05, 4.69) is 9.97 Å². The second-order valence-corrected chi connectivity index (χ2v) is 4.64. The number of ether oxygens (including phenoxy) is 1. The summed E-state index contributed by atoms with van der Waals surface area (Å²) in [7, 11) is 0. The first kappa shape index (κ1) is 11.9. The minimum atomic E-state index is -0.285. The maximum atomic E-state index is 13.5. The van der Waals surface area contributed by atoms with Crippen LogP contribution >= 0.6 is 0 Å². The van der Waals surface area contributed by atoms with Gasteiger partial charge in [-0.1, -0.05) is 18.2 Å². The molecular weight excluding hydrogens is 245 g/mol. The zero-order valence-electron chi connectivity index (χ0n) is 10.3. The molecule has 1 fully saturated rings. The third-order valence-corrected chi connectivity index (χ3v) is 3.02. The number of rotatable bonds is 4. The summed E-state index contributed by atoms with van der Waals surface area (Å²) in [5.41, 5.74) is 6.21. The van der Waals surface area contributed by atoms with E-state index < -0.39 is 0 Å². The largest absolute Gasteiger partial charge is 0.473 e. The normalized spacial score (nSPS) is 14.4. The van der Waals surface area contributed by atoms with Crippen molar-refractivity contribution in [3.63, 3.8) is 0 Å². The Morgan fingerprint density at radius 3 is 2.79 bits per heavy atom. The molecule has 19 heavy (non-hydrogen) atoms. The molecule has 0 aliphatic heterocycles. The Bertz CT molecular complexity index is 599. The molecule has 1 heterocycles. The van der Waals surface area contributed by atoms with Crippen molar-refractivity contribution >= 4 is 5.82 Å². The van der Waals surface area contributed by atoms with Crippen LogP contribution in [0, 0.1) is 5.82 Å². The highest BCUT2D eigenvalue weighted by Crippen LogP contribution is 2.38. The summed E-state index contributed by atoms with van der Waals surface area (Å²) in [6.07, 6.45) is 2.19. The van der Waals surface area contributed by atoms with Crippen LogP contribution in [0.4, 0.5) is 10.2 Å². The Morgan fingerprint density at radius 1 is 1.26 bits per heavy atom. The summed E-state index contributed by atoms with van der Waals surface area (Å²) in [4.78, 5) is 8.49. The summed E-state index contributed by atoms with van der Waals surface area (Å²) >= 11 is 0.